The summed E-state index contributed by atoms with van der Waals surface area (Å²) in [7, 11) is 0. The standard InChI is InChI=1S/C35H21NOS/c1-2-9-22(10-3-1)31-20-19-30-28-16-7-14-25(33(28)37-35(30)36-31)23-11-6-12-24(21-23)26-15-8-17-29-27-13-4-5-18-32(27)38-34(26)29/h1-21H. The maximum atomic E-state index is 6.45. The van der Waals surface area contributed by atoms with E-state index < -0.39 is 0 Å². The molecule has 0 fully saturated rings. The topological polar surface area (TPSA) is 26.0 Å². The van der Waals surface area contributed by atoms with E-state index >= 15 is 0 Å². The molecule has 0 amide bonds. The van der Waals surface area contributed by atoms with Gasteiger partial charge in [-0.05, 0) is 41.0 Å². The van der Waals surface area contributed by atoms with Crippen molar-refractivity contribution in [2.45, 2.75) is 0 Å². The van der Waals surface area contributed by atoms with Crippen LogP contribution >= 0.6 is 11.3 Å². The van der Waals surface area contributed by atoms with E-state index in [0.717, 1.165) is 38.7 Å². The molecule has 38 heavy (non-hydrogen) atoms. The van der Waals surface area contributed by atoms with Crippen molar-refractivity contribution < 1.29 is 4.42 Å². The molecule has 178 valence electrons. The maximum absolute atomic E-state index is 6.45. The smallest absolute Gasteiger partial charge is 0.227 e. The van der Waals surface area contributed by atoms with Gasteiger partial charge in [-0.25, -0.2) is 4.98 Å². The van der Waals surface area contributed by atoms with Crippen LogP contribution in [0.25, 0.3) is 75.8 Å². The molecule has 0 aliphatic carbocycles. The Labute approximate surface area is 223 Å². The summed E-state index contributed by atoms with van der Waals surface area (Å²) < 4.78 is 9.09. The number of rotatable bonds is 3. The molecular weight excluding hydrogens is 482 g/mol. The molecule has 0 radical (unpaired) electrons. The van der Waals surface area contributed by atoms with Crippen molar-refractivity contribution in [1.29, 1.82) is 0 Å². The lowest BCUT2D eigenvalue weighted by Crippen LogP contribution is -1.83. The number of nitrogens with zero attached hydrogens (tertiary/aromatic N) is 1. The number of furan rings is 1. The molecule has 0 aliphatic heterocycles. The zero-order valence-corrected chi connectivity index (χ0v) is 21.2. The fraction of sp³-hybridized carbons (Fsp3) is 0. The van der Waals surface area contributed by atoms with Gasteiger partial charge in [0, 0.05) is 42.1 Å². The number of aromatic nitrogens is 1. The molecule has 3 heterocycles. The molecule has 0 aliphatic rings. The number of fused-ring (bicyclic) bond motifs is 6. The summed E-state index contributed by atoms with van der Waals surface area (Å²) in [5, 5.41) is 4.75. The SMILES string of the molecule is c1ccc(-c2ccc3c(n2)oc2c(-c4cccc(-c5cccc6c5sc5ccccc56)c4)cccc23)cc1. The van der Waals surface area contributed by atoms with Gasteiger partial charge in [0.2, 0.25) is 5.71 Å². The van der Waals surface area contributed by atoms with Gasteiger partial charge in [-0.3, -0.25) is 0 Å². The summed E-state index contributed by atoms with van der Waals surface area (Å²) in [5.41, 5.74) is 8.21. The van der Waals surface area contributed by atoms with Crippen molar-refractivity contribution in [3.8, 4) is 33.5 Å². The van der Waals surface area contributed by atoms with Crippen LogP contribution in [0, 0.1) is 0 Å². The highest BCUT2D eigenvalue weighted by atomic mass is 32.1. The summed E-state index contributed by atoms with van der Waals surface area (Å²) in [6.45, 7) is 0. The van der Waals surface area contributed by atoms with Crippen LogP contribution in [0.2, 0.25) is 0 Å². The van der Waals surface area contributed by atoms with E-state index in [0.29, 0.717) is 5.71 Å². The lowest BCUT2D eigenvalue weighted by molar-refractivity contribution is 0.655. The fourth-order valence-corrected chi connectivity index (χ4v) is 6.74. The lowest BCUT2D eigenvalue weighted by Gasteiger charge is -2.08. The molecule has 2 nitrogen and oxygen atoms in total. The summed E-state index contributed by atoms with van der Waals surface area (Å²) >= 11 is 1.86. The zero-order chi connectivity index (χ0) is 25.1. The molecule has 0 atom stereocenters. The van der Waals surface area contributed by atoms with Crippen molar-refractivity contribution in [3.05, 3.63) is 127 Å². The summed E-state index contributed by atoms with van der Waals surface area (Å²) in [6, 6.07) is 44.9. The number of thiophene rings is 1. The maximum Gasteiger partial charge on any atom is 0.227 e. The molecule has 5 aromatic carbocycles. The van der Waals surface area contributed by atoms with Gasteiger partial charge in [0.05, 0.1) is 5.69 Å². The van der Waals surface area contributed by atoms with Crippen LogP contribution < -0.4 is 0 Å². The van der Waals surface area contributed by atoms with Crippen LogP contribution in [-0.4, -0.2) is 4.98 Å². The van der Waals surface area contributed by atoms with Crippen molar-refractivity contribution in [2.24, 2.45) is 0 Å². The van der Waals surface area contributed by atoms with Gasteiger partial charge in [-0.1, -0.05) is 103 Å². The van der Waals surface area contributed by atoms with Crippen LogP contribution in [0.5, 0.6) is 0 Å². The van der Waals surface area contributed by atoms with Gasteiger partial charge in [0.15, 0.2) is 0 Å². The summed E-state index contributed by atoms with van der Waals surface area (Å²) in [6.07, 6.45) is 0. The Morgan fingerprint density at radius 3 is 2.08 bits per heavy atom. The molecule has 8 rings (SSSR count). The van der Waals surface area contributed by atoms with Crippen LogP contribution in [0.3, 0.4) is 0 Å². The third kappa shape index (κ3) is 3.29. The number of pyridine rings is 1. The normalized spacial score (nSPS) is 11.7. The Bertz CT molecular complexity index is 2140. The van der Waals surface area contributed by atoms with E-state index in [4.69, 9.17) is 9.40 Å². The average Bonchev–Trinajstić information content (AvgIpc) is 3.55. The second kappa shape index (κ2) is 8.41. The fourth-order valence-electron chi connectivity index (χ4n) is 5.50. The van der Waals surface area contributed by atoms with Gasteiger partial charge >= 0.3 is 0 Å². The van der Waals surface area contributed by atoms with Gasteiger partial charge in [0.25, 0.3) is 0 Å². The number of para-hydroxylation sites is 1. The van der Waals surface area contributed by atoms with E-state index in [1.54, 1.807) is 0 Å². The van der Waals surface area contributed by atoms with Crippen molar-refractivity contribution in [3.63, 3.8) is 0 Å². The predicted octanol–water partition coefficient (Wildman–Crippen LogP) is 10.3. The van der Waals surface area contributed by atoms with Gasteiger partial charge < -0.3 is 4.42 Å². The molecule has 0 bridgehead atoms. The Hall–Kier alpha value is -4.73. The molecular formula is C35H21NOS. The van der Waals surface area contributed by atoms with E-state index in [-0.39, 0.29) is 0 Å². The second-order valence-electron chi connectivity index (χ2n) is 9.56. The minimum atomic E-state index is 0.667. The van der Waals surface area contributed by atoms with Gasteiger partial charge in [-0.2, -0.15) is 0 Å². The van der Waals surface area contributed by atoms with Crippen LogP contribution in [0.15, 0.2) is 132 Å². The first-order valence-corrected chi connectivity index (χ1v) is 13.5. The molecule has 0 unspecified atom stereocenters. The van der Waals surface area contributed by atoms with Crippen molar-refractivity contribution >= 4 is 53.6 Å². The number of hydrogen-bond donors (Lipinski definition) is 0. The molecule has 0 saturated heterocycles. The molecule has 0 N–H and O–H groups in total. The molecule has 3 aromatic heterocycles. The molecule has 3 heteroatoms. The molecule has 0 spiro atoms. The Balaban J connectivity index is 1.29. The second-order valence-corrected chi connectivity index (χ2v) is 10.6. The summed E-state index contributed by atoms with van der Waals surface area (Å²) in [5.74, 6) is 0. The van der Waals surface area contributed by atoms with E-state index in [2.05, 4.69) is 109 Å². The number of benzene rings is 5. The zero-order valence-electron chi connectivity index (χ0n) is 20.4. The van der Waals surface area contributed by atoms with Crippen LogP contribution in [-0.2, 0) is 0 Å². The number of hydrogen-bond acceptors (Lipinski definition) is 3. The Morgan fingerprint density at radius 2 is 1.18 bits per heavy atom. The largest absolute Gasteiger partial charge is 0.437 e. The van der Waals surface area contributed by atoms with E-state index in [9.17, 15) is 0 Å². The highest BCUT2D eigenvalue weighted by Gasteiger charge is 2.15. The Morgan fingerprint density at radius 1 is 0.500 bits per heavy atom. The third-order valence-corrected chi connectivity index (χ3v) is 8.54. The van der Waals surface area contributed by atoms with E-state index in [1.165, 1.54) is 31.3 Å². The van der Waals surface area contributed by atoms with Crippen molar-refractivity contribution in [2.75, 3.05) is 0 Å². The first-order chi connectivity index (χ1) is 18.8. The van der Waals surface area contributed by atoms with Crippen LogP contribution in [0.4, 0.5) is 0 Å². The van der Waals surface area contributed by atoms with Crippen LogP contribution in [0.1, 0.15) is 0 Å². The predicted molar refractivity (Wildman–Crippen MR) is 161 cm³/mol. The molecule has 8 aromatic rings. The first-order valence-electron chi connectivity index (χ1n) is 12.7. The van der Waals surface area contributed by atoms with Crippen molar-refractivity contribution in [1.82, 2.24) is 4.98 Å². The average molecular weight is 504 g/mol. The van der Waals surface area contributed by atoms with Gasteiger partial charge in [0.1, 0.15) is 5.58 Å². The van der Waals surface area contributed by atoms with E-state index in [1.807, 2.05) is 29.5 Å². The minimum Gasteiger partial charge on any atom is -0.437 e. The minimum absolute atomic E-state index is 0.667. The molecule has 0 saturated carbocycles. The Kier molecular flexibility index (Phi) is 4.73. The lowest BCUT2D eigenvalue weighted by atomic mass is 9.97. The monoisotopic (exact) mass is 503 g/mol. The quantitative estimate of drug-likeness (QED) is 0.240. The third-order valence-electron chi connectivity index (χ3n) is 7.32. The highest BCUT2D eigenvalue weighted by molar-refractivity contribution is 7.26. The first kappa shape index (κ1) is 21.4. The summed E-state index contributed by atoms with van der Waals surface area (Å²) in [4.78, 5) is 4.87. The van der Waals surface area contributed by atoms with Gasteiger partial charge in [-0.15, -0.1) is 11.3 Å². The highest BCUT2D eigenvalue weighted by Crippen LogP contribution is 2.41.